The summed E-state index contributed by atoms with van der Waals surface area (Å²) in [6.45, 7) is 7.82. The number of benzene rings is 1. The summed E-state index contributed by atoms with van der Waals surface area (Å²) in [6.07, 6.45) is 0.579. The zero-order valence-corrected chi connectivity index (χ0v) is 14.7. The lowest BCUT2D eigenvalue weighted by Gasteiger charge is -2.31. The van der Waals surface area contributed by atoms with Crippen LogP contribution in [0.2, 0.25) is 0 Å². The van der Waals surface area contributed by atoms with Crippen LogP contribution in [0.5, 0.6) is 0 Å². The maximum Gasteiger partial charge on any atom is 0.411 e. The van der Waals surface area contributed by atoms with Crippen LogP contribution in [0.25, 0.3) is 0 Å². The second-order valence-corrected chi connectivity index (χ2v) is 7.11. The summed E-state index contributed by atoms with van der Waals surface area (Å²) in [6, 6.07) is 6.69. The highest BCUT2D eigenvalue weighted by Gasteiger charge is 2.37. The number of ether oxygens (including phenoxy) is 2. The van der Waals surface area contributed by atoms with Crippen LogP contribution in [-0.2, 0) is 9.47 Å². The predicted octanol–water partition coefficient (Wildman–Crippen LogP) is 3.05. The predicted molar refractivity (Wildman–Crippen MR) is 92.1 cm³/mol. The Morgan fingerprint density at radius 2 is 1.92 bits per heavy atom. The van der Waals surface area contributed by atoms with Crippen LogP contribution >= 0.6 is 0 Å². The fourth-order valence-electron chi connectivity index (χ4n) is 3.00. The van der Waals surface area contributed by atoms with Crippen molar-refractivity contribution < 1.29 is 19.1 Å². The monoisotopic (exact) mass is 334 g/mol. The molecular formula is C18H26N2O4. The van der Waals surface area contributed by atoms with Crippen LogP contribution in [-0.4, -0.2) is 38.4 Å². The van der Waals surface area contributed by atoms with E-state index in [2.05, 4.69) is 36.1 Å². The molecule has 1 heterocycles. The molecule has 1 aromatic rings. The fourth-order valence-corrected chi connectivity index (χ4v) is 3.00. The van der Waals surface area contributed by atoms with Crippen molar-refractivity contribution in [2.75, 3.05) is 25.6 Å². The van der Waals surface area contributed by atoms with Crippen LogP contribution in [0, 0.1) is 11.3 Å². The van der Waals surface area contributed by atoms with Crippen molar-refractivity contribution in [1.82, 2.24) is 5.32 Å². The fraction of sp³-hybridized carbons (Fsp3) is 0.556. The quantitative estimate of drug-likeness (QED) is 0.887. The molecule has 0 bridgehead atoms. The molecule has 6 nitrogen and oxygen atoms in total. The zero-order chi connectivity index (χ0) is 17.7. The Balaban J connectivity index is 1.89. The Kier molecular flexibility index (Phi) is 5.83. The van der Waals surface area contributed by atoms with Gasteiger partial charge in [-0.1, -0.05) is 20.8 Å². The average Bonchev–Trinajstić information content (AvgIpc) is 3.02. The Morgan fingerprint density at radius 3 is 2.50 bits per heavy atom. The first kappa shape index (κ1) is 18.3. The lowest BCUT2D eigenvalue weighted by atomic mass is 9.81. The van der Waals surface area contributed by atoms with Gasteiger partial charge in [0.15, 0.2) is 0 Å². The minimum Gasteiger partial charge on any atom is -0.453 e. The lowest BCUT2D eigenvalue weighted by Crippen LogP contribution is -2.38. The summed E-state index contributed by atoms with van der Waals surface area (Å²) in [7, 11) is 1.30. The summed E-state index contributed by atoms with van der Waals surface area (Å²) >= 11 is 0. The highest BCUT2D eigenvalue weighted by Crippen LogP contribution is 2.34. The number of carbonyl (C=O) groups is 2. The van der Waals surface area contributed by atoms with E-state index < -0.39 is 6.09 Å². The standard InChI is InChI=1S/C18H26N2O4/c1-18(2,3)15-13(9-10-24-15)11-19-16(21)12-5-7-14(8-6-12)20-17(22)23-4/h5-8,13,15H,9-11H2,1-4H3,(H,19,21)(H,20,22)/t13-,15+/m1/s1. The highest BCUT2D eigenvalue weighted by molar-refractivity contribution is 5.95. The molecule has 1 aromatic carbocycles. The molecule has 1 saturated heterocycles. The van der Waals surface area contributed by atoms with E-state index in [9.17, 15) is 9.59 Å². The molecule has 2 rings (SSSR count). The topological polar surface area (TPSA) is 76.7 Å². The molecule has 132 valence electrons. The van der Waals surface area contributed by atoms with Gasteiger partial charge in [-0.15, -0.1) is 0 Å². The molecule has 0 aliphatic carbocycles. The zero-order valence-electron chi connectivity index (χ0n) is 14.7. The third-order valence-corrected chi connectivity index (χ3v) is 4.17. The van der Waals surface area contributed by atoms with E-state index in [0.29, 0.717) is 23.7 Å². The van der Waals surface area contributed by atoms with Gasteiger partial charge in [0.2, 0.25) is 0 Å². The molecule has 0 unspecified atom stereocenters. The van der Waals surface area contributed by atoms with Gasteiger partial charge in [-0.05, 0) is 36.1 Å². The first-order valence-electron chi connectivity index (χ1n) is 8.16. The van der Waals surface area contributed by atoms with Crippen molar-refractivity contribution in [2.24, 2.45) is 11.3 Å². The van der Waals surface area contributed by atoms with Crippen molar-refractivity contribution in [3.8, 4) is 0 Å². The maximum atomic E-state index is 12.3. The summed E-state index contributed by atoms with van der Waals surface area (Å²) < 4.78 is 10.4. The number of carbonyl (C=O) groups excluding carboxylic acids is 2. The molecular weight excluding hydrogens is 308 g/mol. The van der Waals surface area contributed by atoms with Crippen LogP contribution < -0.4 is 10.6 Å². The van der Waals surface area contributed by atoms with Crippen LogP contribution in [0.4, 0.5) is 10.5 Å². The molecule has 1 fully saturated rings. The Labute approximate surface area is 142 Å². The summed E-state index contributed by atoms with van der Waals surface area (Å²) in [4.78, 5) is 23.4. The van der Waals surface area contributed by atoms with E-state index in [4.69, 9.17) is 4.74 Å². The summed E-state index contributed by atoms with van der Waals surface area (Å²) in [5.41, 5.74) is 1.19. The van der Waals surface area contributed by atoms with Crippen molar-refractivity contribution >= 4 is 17.7 Å². The second kappa shape index (κ2) is 7.66. The van der Waals surface area contributed by atoms with E-state index in [1.165, 1.54) is 7.11 Å². The Morgan fingerprint density at radius 1 is 1.25 bits per heavy atom. The van der Waals surface area contributed by atoms with Crippen LogP contribution in [0.3, 0.4) is 0 Å². The van der Waals surface area contributed by atoms with Crippen molar-refractivity contribution in [2.45, 2.75) is 33.3 Å². The normalized spacial score (nSPS) is 20.5. The number of anilines is 1. The van der Waals surface area contributed by atoms with Gasteiger partial charge in [-0.2, -0.15) is 0 Å². The Bertz CT molecular complexity index is 578. The number of rotatable bonds is 4. The van der Waals surface area contributed by atoms with Gasteiger partial charge < -0.3 is 14.8 Å². The second-order valence-electron chi connectivity index (χ2n) is 7.11. The minimum atomic E-state index is -0.540. The third-order valence-electron chi connectivity index (χ3n) is 4.17. The van der Waals surface area contributed by atoms with Crippen molar-refractivity contribution in [3.05, 3.63) is 29.8 Å². The molecule has 24 heavy (non-hydrogen) atoms. The smallest absolute Gasteiger partial charge is 0.411 e. The largest absolute Gasteiger partial charge is 0.453 e. The van der Waals surface area contributed by atoms with Gasteiger partial charge in [-0.25, -0.2) is 4.79 Å². The number of hydrogen-bond acceptors (Lipinski definition) is 4. The van der Waals surface area contributed by atoms with Gasteiger partial charge in [0.25, 0.3) is 5.91 Å². The van der Waals surface area contributed by atoms with Gasteiger partial charge in [0.05, 0.1) is 13.2 Å². The van der Waals surface area contributed by atoms with E-state index in [-0.39, 0.29) is 17.4 Å². The minimum absolute atomic E-state index is 0.0626. The van der Waals surface area contributed by atoms with E-state index in [0.717, 1.165) is 13.0 Å². The summed E-state index contributed by atoms with van der Waals surface area (Å²) in [5.74, 6) is 0.202. The van der Waals surface area contributed by atoms with Crippen molar-refractivity contribution in [1.29, 1.82) is 0 Å². The van der Waals surface area contributed by atoms with Crippen LogP contribution in [0.1, 0.15) is 37.6 Å². The van der Waals surface area contributed by atoms with E-state index in [1.807, 2.05) is 0 Å². The molecule has 2 atom stereocenters. The molecule has 1 aliphatic rings. The number of nitrogens with one attached hydrogen (secondary N) is 2. The molecule has 1 aliphatic heterocycles. The first-order chi connectivity index (χ1) is 11.3. The number of amides is 2. The van der Waals surface area contributed by atoms with Crippen LogP contribution in [0.15, 0.2) is 24.3 Å². The number of hydrogen-bond donors (Lipinski definition) is 2. The molecule has 0 radical (unpaired) electrons. The Hall–Kier alpha value is -2.08. The third kappa shape index (κ3) is 4.71. The first-order valence-corrected chi connectivity index (χ1v) is 8.16. The highest BCUT2D eigenvalue weighted by atomic mass is 16.5. The average molecular weight is 334 g/mol. The van der Waals surface area contributed by atoms with Gasteiger partial charge in [0, 0.05) is 30.3 Å². The lowest BCUT2D eigenvalue weighted by molar-refractivity contribution is 0.00737. The summed E-state index contributed by atoms with van der Waals surface area (Å²) in [5, 5.41) is 5.53. The van der Waals surface area contributed by atoms with E-state index in [1.54, 1.807) is 24.3 Å². The number of methoxy groups -OCH3 is 1. The van der Waals surface area contributed by atoms with Gasteiger partial charge >= 0.3 is 6.09 Å². The molecule has 0 saturated carbocycles. The molecule has 2 N–H and O–H groups in total. The van der Waals surface area contributed by atoms with E-state index >= 15 is 0 Å². The SMILES string of the molecule is COC(=O)Nc1ccc(C(=O)NC[C@H]2CCO[C@@H]2C(C)(C)C)cc1. The molecule has 0 spiro atoms. The maximum absolute atomic E-state index is 12.3. The van der Waals surface area contributed by atoms with Gasteiger partial charge in [-0.3, -0.25) is 10.1 Å². The molecule has 2 amide bonds. The van der Waals surface area contributed by atoms with Gasteiger partial charge in [0.1, 0.15) is 0 Å². The van der Waals surface area contributed by atoms with Crippen molar-refractivity contribution in [3.63, 3.8) is 0 Å². The molecule has 6 heteroatoms. The molecule has 0 aromatic heterocycles.